The summed E-state index contributed by atoms with van der Waals surface area (Å²) < 4.78 is 9.60. The van der Waals surface area contributed by atoms with E-state index in [1.807, 2.05) is 25.3 Å². The zero-order valence-electron chi connectivity index (χ0n) is 14.7. The minimum atomic E-state index is -0.133. The van der Waals surface area contributed by atoms with E-state index < -0.39 is 0 Å². The molecule has 0 aliphatic carbocycles. The smallest absolute Gasteiger partial charge is 0.265 e. The Kier molecular flexibility index (Phi) is 5.60. The normalized spacial score (nSPS) is 20.5. The number of nitrogens with one attached hydrogen (secondary N) is 1. The zero-order chi connectivity index (χ0) is 17.8. The van der Waals surface area contributed by atoms with Gasteiger partial charge in [-0.05, 0) is 43.4 Å². The molecular weight excluding hydrogens is 338 g/mol. The molecule has 7 nitrogen and oxygen atoms in total. The standard InChI is InChI=1S/C17H23N5O2S/c1-4-14-16(25-21-20-14)17(23)19-8-13-5-6-15(18-7-13)22-9-11(2)24-12(3)10-22/h5-7,11-12H,4,8-10H2,1-3H3,(H,19,23)/t11-,12-/m1/s1. The molecular formula is C17H23N5O2S. The van der Waals surface area contributed by atoms with Crippen molar-refractivity contribution in [3.05, 3.63) is 34.5 Å². The molecule has 2 aromatic heterocycles. The van der Waals surface area contributed by atoms with Crippen LogP contribution in [-0.2, 0) is 17.7 Å². The molecule has 2 aromatic rings. The molecule has 0 radical (unpaired) electrons. The van der Waals surface area contributed by atoms with Gasteiger partial charge in [0, 0.05) is 25.8 Å². The maximum Gasteiger partial charge on any atom is 0.265 e. The predicted molar refractivity (Wildman–Crippen MR) is 96.9 cm³/mol. The highest BCUT2D eigenvalue weighted by molar-refractivity contribution is 7.08. The van der Waals surface area contributed by atoms with Crippen LogP contribution in [0.4, 0.5) is 5.82 Å². The number of aryl methyl sites for hydroxylation is 1. The fourth-order valence-corrected chi connectivity index (χ4v) is 3.61. The minimum Gasteiger partial charge on any atom is -0.372 e. The molecule has 0 aromatic carbocycles. The lowest BCUT2D eigenvalue weighted by atomic mass is 10.2. The first-order valence-electron chi connectivity index (χ1n) is 8.51. The van der Waals surface area contributed by atoms with Crippen molar-refractivity contribution in [3.63, 3.8) is 0 Å². The van der Waals surface area contributed by atoms with Crippen molar-refractivity contribution >= 4 is 23.3 Å². The number of hydrogen-bond acceptors (Lipinski definition) is 7. The third kappa shape index (κ3) is 4.32. The number of amides is 1. The number of hydrogen-bond donors (Lipinski definition) is 1. The van der Waals surface area contributed by atoms with E-state index in [1.54, 1.807) is 0 Å². The van der Waals surface area contributed by atoms with Gasteiger partial charge in [-0.15, -0.1) is 5.10 Å². The Morgan fingerprint density at radius 1 is 1.36 bits per heavy atom. The first-order valence-corrected chi connectivity index (χ1v) is 9.29. The second-order valence-electron chi connectivity index (χ2n) is 6.27. The highest BCUT2D eigenvalue weighted by Gasteiger charge is 2.23. The molecule has 1 amide bonds. The van der Waals surface area contributed by atoms with Crippen LogP contribution in [0.3, 0.4) is 0 Å². The second kappa shape index (κ2) is 7.88. The van der Waals surface area contributed by atoms with Gasteiger partial charge in [0.25, 0.3) is 5.91 Å². The van der Waals surface area contributed by atoms with Crippen LogP contribution in [0.2, 0.25) is 0 Å². The van der Waals surface area contributed by atoms with Crippen molar-refractivity contribution in [1.82, 2.24) is 19.9 Å². The maximum absolute atomic E-state index is 12.2. The average Bonchev–Trinajstić information content (AvgIpc) is 3.08. The molecule has 1 fully saturated rings. The molecule has 2 atom stereocenters. The Bertz CT molecular complexity index is 708. The van der Waals surface area contributed by atoms with E-state index >= 15 is 0 Å². The summed E-state index contributed by atoms with van der Waals surface area (Å²) in [6.45, 7) is 8.22. The molecule has 134 valence electrons. The number of rotatable bonds is 5. The number of pyridine rings is 1. The molecule has 3 heterocycles. The lowest BCUT2D eigenvalue weighted by molar-refractivity contribution is -0.00546. The lowest BCUT2D eigenvalue weighted by Crippen LogP contribution is -2.45. The Labute approximate surface area is 151 Å². The molecule has 0 unspecified atom stereocenters. The Balaban J connectivity index is 1.58. The summed E-state index contributed by atoms with van der Waals surface area (Å²) in [5.74, 6) is 0.809. The van der Waals surface area contributed by atoms with Crippen LogP contribution in [0.25, 0.3) is 0 Å². The van der Waals surface area contributed by atoms with E-state index in [-0.39, 0.29) is 18.1 Å². The predicted octanol–water partition coefficient (Wildman–Crippen LogP) is 2.04. The lowest BCUT2D eigenvalue weighted by Gasteiger charge is -2.36. The van der Waals surface area contributed by atoms with Crippen LogP contribution in [0.5, 0.6) is 0 Å². The summed E-state index contributed by atoms with van der Waals surface area (Å²) in [6, 6.07) is 4.00. The van der Waals surface area contributed by atoms with E-state index in [0.717, 1.165) is 41.7 Å². The third-order valence-electron chi connectivity index (χ3n) is 4.10. The topological polar surface area (TPSA) is 80.2 Å². The van der Waals surface area contributed by atoms with Gasteiger partial charge in [-0.2, -0.15) is 0 Å². The quantitative estimate of drug-likeness (QED) is 0.878. The number of carbonyl (C=O) groups excluding carboxylic acids is 1. The van der Waals surface area contributed by atoms with Crippen LogP contribution in [-0.4, -0.2) is 45.8 Å². The number of anilines is 1. The summed E-state index contributed by atoms with van der Waals surface area (Å²) in [5.41, 5.74) is 1.70. The van der Waals surface area contributed by atoms with Crippen molar-refractivity contribution in [3.8, 4) is 0 Å². The van der Waals surface area contributed by atoms with E-state index in [1.165, 1.54) is 0 Å². The second-order valence-corrected chi connectivity index (χ2v) is 7.03. The Morgan fingerprint density at radius 3 is 2.76 bits per heavy atom. The first kappa shape index (κ1) is 17.8. The van der Waals surface area contributed by atoms with E-state index in [4.69, 9.17) is 4.74 Å². The Hall–Kier alpha value is -2.06. The van der Waals surface area contributed by atoms with E-state index in [9.17, 15) is 4.79 Å². The highest BCUT2D eigenvalue weighted by Crippen LogP contribution is 2.18. The average molecular weight is 361 g/mol. The fraction of sp³-hybridized carbons (Fsp3) is 0.529. The molecule has 1 N–H and O–H groups in total. The molecule has 8 heteroatoms. The van der Waals surface area contributed by atoms with Crippen LogP contribution in [0.1, 0.15) is 41.7 Å². The number of nitrogens with zero attached hydrogens (tertiary/aromatic N) is 4. The van der Waals surface area contributed by atoms with E-state index in [0.29, 0.717) is 17.8 Å². The van der Waals surface area contributed by atoms with Crippen LogP contribution in [0, 0.1) is 0 Å². The maximum atomic E-state index is 12.2. The van der Waals surface area contributed by atoms with Gasteiger partial charge in [0.2, 0.25) is 0 Å². The van der Waals surface area contributed by atoms with Gasteiger partial charge >= 0.3 is 0 Å². The number of ether oxygens (including phenoxy) is 1. The minimum absolute atomic E-state index is 0.133. The van der Waals surface area contributed by atoms with Crippen LogP contribution >= 0.6 is 11.5 Å². The molecule has 1 aliphatic heterocycles. The third-order valence-corrected chi connectivity index (χ3v) is 4.87. The van der Waals surface area contributed by atoms with Gasteiger partial charge in [-0.3, -0.25) is 4.79 Å². The molecule has 0 saturated carbocycles. The number of carbonyl (C=O) groups is 1. The largest absolute Gasteiger partial charge is 0.372 e. The van der Waals surface area contributed by atoms with Gasteiger partial charge in [0.1, 0.15) is 10.7 Å². The first-order chi connectivity index (χ1) is 12.1. The molecule has 0 bridgehead atoms. The van der Waals surface area contributed by atoms with Crippen LogP contribution < -0.4 is 10.2 Å². The molecule has 1 aliphatic rings. The summed E-state index contributed by atoms with van der Waals surface area (Å²) >= 11 is 1.13. The summed E-state index contributed by atoms with van der Waals surface area (Å²) in [4.78, 5) is 19.6. The van der Waals surface area contributed by atoms with Gasteiger partial charge in [0.05, 0.1) is 17.9 Å². The number of aromatic nitrogens is 3. The van der Waals surface area contributed by atoms with Gasteiger partial charge < -0.3 is 15.0 Å². The van der Waals surface area contributed by atoms with Gasteiger partial charge in [0.15, 0.2) is 0 Å². The number of morpholine rings is 1. The SMILES string of the molecule is CCc1nnsc1C(=O)NCc1ccc(N2C[C@@H](C)O[C@H](C)C2)nc1. The monoisotopic (exact) mass is 361 g/mol. The summed E-state index contributed by atoms with van der Waals surface area (Å²) in [5, 5.41) is 6.87. The summed E-state index contributed by atoms with van der Waals surface area (Å²) in [7, 11) is 0. The van der Waals surface area contributed by atoms with Crippen molar-refractivity contribution in [1.29, 1.82) is 0 Å². The fourth-order valence-electron chi connectivity index (χ4n) is 2.95. The molecule has 1 saturated heterocycles. The summed E-state index contributed by atoms with van der Waals surface area (Å²) in [6.07, 6.45) is 2.91. The Morgan fingerprint density at radius 2 is 2.12 bits per heavy atom. The zero-order valence-corrected chi connectivity index (χ0v) is 15.5. The van der Waals surface area contributed by atoms with Gasteiger partial charge in [-0.1, -0.05) is 17.5 Å². The molecule has 3 rings (SSSR count). The van der Waals surface area contributed by atoms with Crippen LogP contribution in [0.15, 0.2) is 18.3 Å². The molecule has 25 heavy (non-hydrogen) atoms. The van der Waals surface area contributed by atoms with Crippen molar-refractivity contribution < 1.29 is 9.53 Å². The van der Waals surface area contributed by atoms with Crippen molar-refractivity contribution in [2.75, 3.05) is 18.0 Å². The highest BCUT2D eigenvalue weighted by atomic mass is 32.1. The van der Waals surface area contributed by atoms with Crippen molar-refractivity contribution in [2.24, 2.45) is 0 Å². The van der Waals surface area contributed by atoms with Gasteiger partial charge in [-0.25, -0.2) is 4.98 Å². The van der Waals surface area contributed by atoms with Crippen molar-refractivity contribution in [2.45, 2.75) is 45.9 Å². The molecule has 0 spiro atoms. The van der Waals surface area contributed by atoms with E-state index in [2.05, 4.69) is 38.6 Å².